The highest BCUT2D eigenvalue weighted by molar-refractivity contribution is 7.71. The summed E-state index contributed by atoms with van der Waals surface area (Å²) in [5.41, 5.74) is 2.03. The lowest BCUT2D eigenvalue weighted by Gasteiger charge is -2.08. The van der Waals surface area contributed by atoms with Crippen LogP contribution in [0.5, 0.6) is 5.75 Å². The lowest BCUT2D eigenvalue weighted by Crippen LogP contribution is -2.12. The third kappa shape index (κ3) is 5.79. The van der Waals surface area contributed by atoms with Crippen LogP contribution in [0, 0.1) is 4.77 Å². The number of rotatable bonds is 7. The number of carbonyl (C=O) groups is 2. The molecule has 164 valence electrons. The van der Waals surface area contributed by atoms with Gasteiger partial charge in [-0.25, -0.2) is 9.59 Å². The standard InChI is InChI=1S/C23H20N2O6S/c1-29-21(27)16-7-3-15(4-8-16)13-31-17-9-5-14(6-10-17)11-18(22(28)30-2)19-12-20(26)25-23(32)24-19/h3-12H,13H2,1-2H3,(H2,24,25,26,32). The zero-order chi connectivity index (χ0) is 23.1. The fourth-order valence-electron chi connectivity index (χ4n) is 2.82. The van der Waals surface area contributed by atoms with Crippen molar-refractivity contribution in [3.8, 4) is 5.75 Å². The van der Waals surface area contributed by atoms with Crippen molar-refractivity contribution in [2.75, 3.05) is 14.2 Å². The molecular formula is C23H20N2O6S. The maximum atomic E-state index is 12.2. The molecule has 0 radical (unpaired) electrons. The smallest absolute Gasteiger partial charge is 0.339 e. The summed E-state index contributed by atoms with van der Waals surface area (Å²) in [5.74, 6) is -0.388. The molecule has 0 aliphatic rings. The zero-order valence-electron chi connectivity index (χ0n) is 17.3. The summed E-state index contributed by atoms with van der Waals surface area (Å²) in [6.07, 6.45) is 1.58. The minimum Gasteiger partial charge on any atom is -0.489 e. The van der Waals surface area contributed by atoms with E-state index in [1.54, 1.807) is 54.6 Å². The van der Waals surface area contributed by atoms with Gasteiger partial charge in [0.05, 0.1) is 31.1 Å². The molecule has 0 spiro atoms. The van der Waals surface area contributed by atoms with Crippen molar-refractivity contribution in [2.24, 2.45) is 0 Å². The Morgan fingerprint density at radius 1 is 0.969 bits per heavy atom. The SMILES string of the molecule is COC(=O)C(=Cc1ccc(OCc2ccc(C(=O)OC)cc2)cc1)c1cc(=O)[nH]c(=S)[nH]1. The topological polar surface area (TPSA) is 110 Å². The van der Waals surface area contributed by atoms with E-state index in [1.807, 2.05) is 0 Å². The predicted octanol–water partition coefficient (Wildman–Crippen LogP) is 3.51. The molecule has 3 aromatic rings. The van der Waals surface area contributed by atoms with E-state index in [9.17, 15) is 14.4 Å². The van der Waals surface area contributed by atoms with Crippen LogP contribution >= 0.6 is 12.2 Å². The Labute approximate surface area is 188 Å². The minimum atomic E-state index is -0.614. The molecule has 1 aromatic heterocycles. The van der Waals surface area contributed by atoms with Gasteiger partial charge in [-0.15, -0.1) is 0 Å². The summed E-state index contributed by atoms with van der Waals surface area (Å²) in [7, 11) is 2.59. The van der Waals surface area contributed by atoms with Crippen LogP contribution in [0.4, 0.5) is 0 Å². The number of nitrogens with one attached hydrogen (secondary N) is 2. The molecule has 3 rings (SSSR count). The number of hydrogen-bond acceptors (Lipinski definition) is 7. The third-order valence-corrected chi connectivity index (χ3v) is 4.63. The monoisotopic (exact) mass is 452 g/mol. The summed E-state index contributed by atoms with van der Waals surface area (Å²) >= 11 is 4.98. The molecule has 9 heteroatoms. The second-order valence-corrected chi connectivity index (χ2v) is 7.01. The Morgan fingerprint density at radius 3 is 2.25 bits per heavy atom. The fraction of sp³-hybridized carbons (Fsp3) is 0.130. The third-order valence-electron chi connectivity index (χ3n) is 4.43. The minimum absolute atomic E-state index is 0.102. The number of hydrogen-bond donors (Lipinski definition) is 2. The van der Waals surface area contributed by atoms with Crippen molar-refractivity contribution in [2.45, 2.75) is 6.61 Å². The molecule has 1 heterocycles. The summed E-state index contributed by atoms with van der Waals surface area (Å²) in [4.78, 5) is 40.6. The number of aromatic amines is 2. The van der Waals surface area contributed by atoms with Crippen molar-refractivity contribution in [3.05, 3.63) is 92.1 Å². The van der Waals surface area contributed by atoms with Crippen LogP contribution in [0.25, 0.3) is 11.6 Å². The second-order valence-electron chi connectivity index (χ2n) is 6.60. The molecule has 0 atom stereocenters. The number of benzene rings is 2. The Hall–Kier alpha value is -3.98. The quantitative estimate of drug-likeness (QED) is 0.321. The Kier molecular flexibility index (Phi) is 7.35. The molecule has 2 N–H and O–H groups in total. The van der Waals surface area contributed by atoms with Crippen LogP contribution in [0.2, 0.25) is 0 Å². The predicted molar refractivity (Wildman–Crippen MR) is 121 cm³/mol. The molecule has 0 aliphatic heterocycles. The molecule has 0 fully saturated rings. The molecular weight excluding hydrogens is 432 g/mol. The molecule has 0 unspecified atom stereocenters. The van der Waals surface area contributed by atoms with Gasteiger partial charge in [-0.1, -0.05) is 24.3 Å². The lowest BCUT2D eigenvalue weighted by molar-refractivity contribution is -0.133. The van der Waals surface area contributed by atoms with Crippen molar-refractivity contribution in [1.29, 1.82) is 0 Å². The van der Waals surface area contributed by atoms with Crippen molar-refractivity contribution in [1.82, 2.24) is 9.97 Å². The summed E-state index contributed by atoms with van der Waals surface area (Å²) < 4.78 is 15.4. The molecule has 0 saturated heterocycles. The Morgan fingerprint density at radius 2 is 1.66 bits per heavy atom. The van der Waals surface area contributed by atoms with Crippen LogP contribution in [-0.2, 0) is 20.9 Å². The van der Waals surface area contributed by atoms with Crippen LogP contribution in [0.1, 0.15) is 27.2 Å². The van der Waals surface area contributed by atoms with Crippen molar-refractivity contribution in [3.63, 3.8) is 0 Å². The number of aromatic nitrogens is 2. The van der Waals surface area contributed by atoms with Gasteiger partial charge in [0.15, 0.2) is 4.77 Å². The number of esters is 2. The first-order chi connectivity index (χ1) is 15.4. The molecule has 0 aliphatic carbocycles. The molecule has 0 bridgehead atoms. The van der Waals surface area contributed by atoms with E-state index < -0.39 is 17.5 Å². The number of carbonyl (C=O) groups excluding carboxylic acids is 2. The maximum absolute atomic E-state index is 12.2. The van der Waals surface area contributed by atoms with Crippen molar-refractivity contribution < 1.29 is 23.8 Å². The van der Waals surface area contributed by atoms with Crippen LogP contribution in [-0.4, -0.2) is 36.1 Å². The Balaban J connectivity index is 1.75. The van der Waals surface area contributed by atoms with Gasteiger partial charge in [0.1, 0.15) is 12.4 Å². The average molecular weight is 452 g/mol. The van der Waals surface area contributed by atoms with Gasteiger partial charge >= 0.3 is 11.9 Å². The Bertz CT molecular complexity index is 1230. The first kappa shape index (κ1) is 22.7. The van der Waals surface area contributed by atoms with Gasteiger partial charge in [-0.3, -0.25) is 9.78 Å². The highest BCUT2D eigenvalue weighted by Gasteiger charge is 2.14. The molecule has 0 amide bonds. The second kappa shape index (κ2) is 10.4. The van der Waals surface area contributed by atoms with E-state index in [4.69, 9.17) is 21.7 Å². The van der Waals surface area contributed by atoms with Gasteiger partial charge < -0.3 is 19.2 Å². The lowest BCUT2D eigenvalue weighted by atomic mass is 10.1. The largest absolute Gasteiger partial charge is 0.489 e. The zero-order valence-corrected chi connectivity index (χ0v) is 18.2. The number of methoxy groups -OCH3 is 2. The summed E-state index contributed by atoms with van der Waals surface area (Å²) in [5, 5.41) is 0. The normalized spacial score (nSPS) is 11.0. The summed E-state index contributed by atoms with van der Waals surface area (Å²) in [6.45, 7) is 0.313. The van der Waals surface area contributed by atoms with Gasteiger partial charge in [0, 0.05) is 6.07 Å². The first-order valence-corrected chi connectivity index (χ1v) is 9.84. The van der Waals surface area contributed by atoms with E-state index in [0.29, 0.717) is 23.5 Å². The van der Waals surface area contributed by atoms with Gasteiger partial charge in [0.2, 0.25) is 0 Å². The van der Waals surface area contributed by atoms with Gasteiger partial charge in [-0.05, 0) is 53.7 Å². The summed E-state index contributed by atoms with van der Waals surface area (Å²) in [6, 6.07) is 15.2. The molecule has 32 heavy (non-hydrogen) atoms. The maximum Gasteiger partial charge on any atom is 0.339 e. The highest BCUT2D eigenvalue weighted by Crippen LogP contribution is 2.20. The van der Waals surface area contributed by atoms with E-state index >= 15 is 0 Å². The van der Waals surface area contributed by atoms with Crippen LogP contribution in [0.3, 0.4) is 0 Å². The fourth-order valence-corrected chi connectivity index (χ4v) is 3.03. The number of ether oxygens (including phenoxy) is 3. The van der Waals surface area contributed by atoms with E-state index in [0.717, 1.165) is 5.56 Å². The molecule has 0 saturated carbocycles. The number of H-pyrrole nitrogens is 2. The van der Waals surface area contributed by atoms with Crippen LogP contribution < -0.4 is 10.3 Å². The highest BCUT2D eigenvalue weighted by atomic mass is 32.1. The molecule has 8 nitrogen and oxygen atoms in total. The van der Waals surface area contributed by atoms with E-state index in [1.165, 1.54) is 20.3 Å². The van der Waals surface area contributed by atoms with Gasteiger partial charge in [0.25, 0.3) is 5.56 Å². The van der Waals surface area contributed by atoms with Gasteiger partial charge in [-0.2, -0.15) is 0 Å². The first-order valence-electron chi connectivity index (χ1n) is 9.44. The van der Waals surface area contributed by atoms with E-state index in [2.05, 4.69) is 14.7 Å². The molecule has 2 aromatic carbocycles. The van der Waals surface area contributed by atoms with E-state index in [-0.39, 0.29) is 16.0 Å². The average Bonchev–Trinajstić information content (AvgIpc) is 2.80. The van der Waals surface area contributed by atoms with Crippen LogP contribution in [0.15, 0.2) is 59.4 Å². The van der Waals surface area contributed by atoms with Crippen molar-refractivity contribution >= 4 is 35.8 Å².